The van der Waals surface area contributed by atoms with Crippen LogP contribution in [0.25, 0.3) is 11.0 Å². The van der Waals surface area contributed by atoms with Crippen molar-refractivity contribution in [1.29, 1.82) is 0 Å². The summed E-state index contributed by atoms with van der Waals surface area (Å²) in [5, 5.41) is 1.86. The Bertz CT molecular complexity index is 488. The van der Waals surface area contributed by atoms with E-state index < -0.39 is 0 Å². The van der Waals surface area contributed by atoms with E-state index in [2.05, 4.69) is 15.9 Å². The van der Waals surface area contributed by atoms with Crippen molar-refractivity contribution < 1.29 is 9.21 Å². The van der Waals surface area contributed by atoms with Gasteiger partial charge in [-0.2, -0.15) is 0 Å². The molecule has 0 unspecified atom stereocenters. The number of hydrogen-bond acceptors (Lipinski definition) is 2. The number of rotatable bonds is 4. The highest BCUT2D eigenvalue weighted by atomic mass is 79.9. The number of carbonyl (C=O) groups excluding carboxylic acids is 1. The van der Waals surface area contributed by atoms with Crippen LogP contribution < -0.4 is 0 Å². The maximum Gasteiger partial charge on any atom is 0.289 e. The minimum Gasteiger partial charge on any atom is -0.451 e. The number of halogens is 1. The van der Waals surface area contributed by atoms with Crippen molar-refractivity contribution in [1.82, 2.24) is 4.90 Å². The van der Waals surface area contributed by atoms with E-state index in [4.69, 9.17) is 4.42 Å². The number of para-hydroxylation sites is 1. The first-order valence-electron chi connectivity index (χ1n) is 5.52. The van der Waals surface area contributed by atoms with E-state index >= 15 is 0 Å². The molecule has 1 heterocycles. The van der Waals surface area contributed by atoms with Gasteiger partial charge in [0.25, 0.3) is 5.91 Å². The summed E-state index contributed by atoms with van der Waals surface area (Å²) in [6.45, 7) is 0.723. The van der Waals surface area contributed by atoms with E-state index in [-0.39, 0.29) is 5.91 Å². The van der Waals surface area contributed by atoms with E-state index in [0.29, 0.717) is 5.76 Å². The average molecular weight is 296 g/mol. The van der Waals surface area contributed by atoms with Gasteiger partial charge in [-0.1, -0.05) is 34.1 Å². The number of furan rings is 1. The Morgan fingerprint density at radius 3 is 2.88 bits per heavy atom. The molecule has 4 heteroatoms. The van der Waals surface area contributed by atoms with Crippen molar-refractivity contribution in [2.24, 2.45) is 0 Å². The molecule has 0 aliphatic heterocycles. The first kappa shape index (κ1) is 12.2. The van der Waals surface area contributed by atoms with E-state index in [1.165, 1.54) is 0 Å². The molecule has 0 saturated heterocycles. The van der Waals surface area contributed by atoms with Gasteiger partial charge in [-0.25, -0.2) is 0 Å². The molecule has 0 aliphatic rings. The zero-order valence-electron chi connectivity index (χ0n) is 9.65. The highest BCUT2D eigenvalue weighted by molar-refractivity contribution is 9.09. The maximum absolute atomic E-state index is 12.0. The molecule has 2 aromatic rings. The Morgan fingerprint density at radius 2 is 2.18 bits per heavy atom. The van der Waals surface area contributed by atoms with E-state index in [1.54, 1.807) is 18.0 Å². The third-order valence-electron chi connectivity index (χ3n) is 2.61. The fraction of sp³-hybridized carbons (Fsp3) is 0.308. The molecule has 90 valence electrons. The lowest BCUT2D eigenvalue weighted by Gasteiger charge is -2.14. The van der Waals surface area contributed by atoms with Gasteiger partial charge in [-0.3, -0.25) is 4.79 Å². The molecule has 0 N–H and O–H groups in total. The topological polar surface area (TPSA) is 33.5 Å². The van der Waals surface area contributed by atoms with Gasteiger partial charge in [0.1, 0.15) is 5.58 Å². The lowest BCUT2D eigenvalue weighted by Crippen LogP contribution is -2.27. The molecule has 0 radical (unpaired) electrons. The summed E-state index contributed by atoms with van der Waals surface area (Å²) in [6, 6.07) is 9.43. The molecule has 3 nitrogen and oxygen atoms in total. The molecule has 0 aliphatic carbocycles. The number of alkyl halides is 1. The largest absolute Gasteiger partial charge is 0.451 e. The predicted molar refractivity (Wildman–Crippen MR) is 71.6 cm³/mol. The summed E-state index contributed by atoms with van der Waals surface area (Å²) in [6.07, 6.45) is 0.933. The summed E-state index contributed by atoms with van der Waals surface area (Å²) >= 11 is 3.35. The lowest BCUT2D eigenvalue weighted by atomic mass is 10.2. The molecule has 2 rings (SSSR count). The van der Waals surface area contributed by atoms with Crippen molar-refractivity contribution >= 4 is 32.8 Å². The van der Waals surface area contributed by atoms with Gasteiger partial charge >= 0.3 is 0 Å². The summed E-state index contributed by atoms with van der Waals surface area (Å²) in [5.74, 6) is 0.338. The third-order valence-corrected chi connectivity index (χ3v) is 3.17. The van der Waals surface area contributed by atoms with Crippen LogP contribution in [0.1, 0.15) is 17.0 Å². The van der Waals surface area contributed by atoms with Crippen LogP contribution in [0.5, 0.6) is 0 Å². The fourth-order valence-electron chi connectivity index (χ4n) is 1.67. The monoisotopic (exact) mass is 295 g/mol. The van der Waals surface area contributed by atoms with Gasteiger partial charge in [-0.15, -0.1) is 0 Å². The van der Waals surface area contributed by atoms with Crippen LogP contribution in [0.15, 0.2) is 34.7 Å². The molecule has 0 bridgehead atoms. The number of amides is 1. The Morgan fingerprint density at radius 1 is 1.41 bits per heavy atom. The smallest absolute Gasteiger partial charge is 0.289 e. The van der Waals surface area contributed by atoms with Gasteiger partial charge in [0, 0.05) is 24.3 Å². The standard InChI is InChI=1S/C13H14BrNO2/c1-15(8-4-7-14)13(16)12-9-10-5-2-3-6-11(10)17-12/h2-3,5-6,9H,4,7-8H2,1H3. The van der Waals surface area contributed by atoms with Crippen LogP contribution in [0.2, 0.25) is 0 Å². The van der Waals surface area contributed by atoms with Crippen molar-refractivity contribution in [2.45, 2.75) is 6.42 Å². The number of carbonyl (C=O) groups is 1. The van der Waals surface area contributed by atoms with Gasteiger partial charge in [0.15, 0.2) is 5.76 Å². The molecule has 0 saturated carbocycles. The number of benzene rings is 1. The highest BCUT2D eigenvalue weighted by Gasteiger charge is 2.15. The van der Waals surface area contributed by atoms with E-state index in [9.17, 15) is 4.79 Å². The summed E-state index contributed by atoms with van der Waals surface area (Å²) < 4.78 is 5.53. The molecule has 0 atom stereocenters. The van der Waals surface area contributed by atoms with Crippen LogP contribution in [0.4, 0.5) is 0 Å². The van der Waals surface area contributed by atoms with Crippen molar-refractivity contribution in [3.05, 3.63) is 36.1 Å². The summed E-state index contributed by atoms with van der Waals surface area (Å²) in [5.41, 5.74) is 0.754. The van der Waals surface area contributed by atoms with E-state index in [0.717, 1.165) is 29.3 Å². The van der Waals surface area contributed by atoms with Crippen LogP contribution in [0.3, 0.4) is 0 Å². The Balaban J connectivity index is 2.18. The Kier molecular flexibility index (Phi) is 3.84. The van der Waals surface area contributed by atoms with Crippen LogP contribution >= 0.6 is 15.9 Å². The van der Waals surface area contributed by atoms with Crippen molar-refractivity contribution in [2.75, 3.05) is 18.9 Å². The molecule has 17 heavy (non-hydrogen) atoms. The van der Waals surface area contributed by atoms with Crippen LogP contribution in [0, 0.1) is 0 Å². The maximum atomic E-state index is 12.0. The molecule has 1 aromatic heterocycles. The minimum atomic E-state index is -0.0675. The fourth-order valence-corrected chi connectivity index (χ4v) is 1.92. The Hall–Kier alpha value is -1.29. The SMILES string of the molecule is CN(CCCBr)C(=O)c1cc2ccccc2o1. The number of fused-ring (bicyclic) bond motifs is 1. The normalized spacial score (nSPS) is 10.7. The quantitative estimate of drug-likeness (QED) is 0.811. The van der Waals surface area contributed by atoms with Gasteiger partial charge in [0.2, 0.25) is 0 Å². The molecular weight excluding hydrogens is 282 g/mol. The van der Waals surface area contributed by atoms with Gasteiger partial charge in [0.05, 0.1) is 0 Å². The number of nitrogens with zero attached hydrogens (tertiary/aromatic N) is 1. The first-order valence-corrected chi connectivity index (χ1v) is 6.64. The number of hydrogen-bond donors (Lipinski definition) is 0. The van der Waals surface area contributed by atoms with Crippen LogP contribution in [-0.2, 0) is 0 Å². The zero-order chi connectivity index (χ0) is 12.3. The minimum absolute atomic E-state index is 0.0675. The second-order valence-corrected chi connectivity index (χ2v) is 4.71. The second kappa shape index (κ2) is 5.36. The molecule has 1 aromatic carbocycles. The third kappa shape index (κ3) is 2.69. The lowest BCUT2D eigenvalue weighted by molar-refractivity contribution is 0.0766. The predicted octanol–water partition coefficient (Wildman–Crippen LogP) is 3.29. The Labute approximate surface area is 109 Å². The summed E-state index contributed by atoms with van der Waals surface area (Å²) in [4.78, 5) is 13.7. The molecule has 0 spiro atoms. The van der Waals surface area contributed by atoms with Crippen molar-refractivity contribution in [3.63, 3.8) is 0 Å². The average Bonchev–Trinajstić information content (AvgIpc) is 2.78. The summed E-state index contributed by atoms with van der Waals surface area (Å²) in [7, 11) is 1.79. The molecule has 0 fully saturated rings. The molecule has 1 amide bonds. The van der Waals surface area contributed by atoms with Crippen molar-refractivity contribution in [3.8, 4) is 0 Å². The van der Waals surface area contributed by atoms with Crippen LogP contribution in [-0.4, -0.2) is 29.7 Å². The van der Waals surface area contributed by atoms with E-state index in [1.807, 2.05) is 24.3 Å². The molecular formula is C13H14BrNO2. The second-order valence-electron chi connectivity index (χ2n) is 3.92. The first-order chi connectivity index (χ1) is 8.22. The zero-order valence-corrected chi connectivity index (χ0v) is 11.2. The highest BCUT2D eigenvalue weighted by Crippen LogP contribution is 2.19. The van der Waals surface area contributed by atoms with Gasteiger partial charge < -0.3 is 9.32 Å². The van der Waals surface area contributed by atoms with Gasteiger partial charge in [-0.05, 0) is 18.6 Å².